The van der Waals surface area contributed by atoms with E-state index in [4.69, 9.17) is 0 Å². The summed E-state index contributed by atoms with van der Waals surface area (Å²) in [6.45, 7) is 4.08. The molecule has 0 aliphatic carbocycles. The molecule has 286 valence electrons. The summed E-state index contributed by atoms with van der Waals surface area (Å²) in [5.74, 6) is -0.0965. The highest BCUT2D eigenvalue weighted by molar-refractivity contribution is 5.76. The summed E-state index contributed by atoms with van der Waals surface area (Å²) < 4.78 is 0. The van der Waals surface area contributed by atoms with Crippen LogP contribution in [-0.4, -0.2) is 34.9 Å². The monoisotopic (exact) mass is 702 g/mol. The van der Waals surface area contributed by atoms with Gasteiger partial charge in [0.1, 0.15) is 0 Å². The van der Waals surface area contributed by atoms with Crippen LogP contribution in [0, 0.1) is 0 Å². The number of carbonyl (C=O) groups is 1. The normalized spacial score (nSPS) is 14.4. The smallest absolute Gasteiger partial charge is 0.220 e. The largest absolute Gasteiger partial charge is 0.394 e. The fourth-order valence-corrected chi connectivity index (χ4v) is 5.11. The van der Waals surface area contributed by atoms with E-state index in [9.17, 15) is 15.0 Å². The highest BCUT2D eigenvalue weighted by Gasteiger charge is 2.17. The predicted octanol–water partition coefficient (Wildman–Crippen LogP) is 12.6. The quantitative estimate of drug-likeness (QED) is 0.0462. The number of carbonyl (C=O) groups excluding carboxylic acids is 1. The van der Waals surface area contributed by atoms with Crippen LogP contribution in [0.15, 0.2) is 122 Å². The minimum atomic E-state index is -0.852. The molecule has 0 spiro atoms. The van der Waals surface area contributed by atoms with Crippen LogP contribution in [0.3, 0.4) is 0 Å². The van der Waals surface area contributed by atoms with Crippen molar-refractivity contribution in [2.24, 2.45) is 0 Å². The van der Waals surface area contributed by atoms with Crippen molar-refractivity contribution in [3.63, 3.8) is 0 Å². The Morgan fingerprint density at radius 2 is 0.863 bits per heavy atom. The summed E-state index contributed by atoms with van der Waals surface area (Å²) in [7, 11) is 0. The van der Waals surface area contributed by atoms with Gasteiger partial charge in [-0.25, -0.2) is 0 Å². The molecule has 0 aromatic heterocycles. The van der Waals surface area contributed by atoms with Gasteiger partial charge in [0.25, 0.3) is 0 Å². The summed E-state index contributed by atoms with van der Waals surface area (Å²) in [5.41, 5.74) is 0. The first-order valence-corrected chi connectivity index (χ1v) is 20.2. The van der Waals surface area contributed by atoms with E-state index < -0.39 is 12.1 Å². The SMILES string of the molecule is CC/C=C\C/C=C\C/C=C\C/C=C\C/C=C\C/C=C\C/C=C\C/C=C\C/C=C\CCCCCCCC(=O)NC(CO)C(O)/C=C/CCCCCC. The van der Waals surface area contributed by atoms with Gasteiger partial charge in [-0.1, -0.05) is 174 Å². The molecule has 0 saturated heterocycles. The van der Waals surface area contributed by atoms with Crippen LogP contribution in [0.5, 0.6) is 0 Å². The van der Waals surface area contributed by atoms with Gasteiger partial charge in [0.05, 0.1) is 18.8 Å². The van der Waals surface area contributed by atoms with Crippen molar-refractivity contribution in [2.75, 3.05) is 6.61 Å². The first-order valence-electron chi connectivity index (χ1n) is 20.2. The molecule has 0 bridgehead atoms. The second-order valence-electron chi connectivity index (χ2n) is 13.0. The number of hydrogen-bond acceptors (Lipinski definition) is 3. The second-order valence-corrected chi connectivity index (χ2v) is 13.0. The number of unbranched alkanes of at least 4 members (excludes halogenated alkanes) is 9. The van der Waals surface area contributed by atoms with Crippen LogP contribution < -0.4 is 5.32 Å². The number of aliphatic hydroxyl groups excluding tert-OH is 2. The molecule has 0 heterocycles. The van der Waals surface area contributed by atoms with Gasteiger partial charge >= 0.3 is 0 Å². The van der Waals surface area contributed by atoms with Crippen LogP contribution in [0.25, 0.3) is 0 Å². The molecule has 2 atom stereocenters. The van der Waals surface area contributed by atoms with E-state index in [-0.39, 0.29) is 12.5 Å². The van der Waals surface area contributed by atoms with Crippen molar-refractivity contribution >= 4 is 5.91 Å². The van der Waals surface area contributed by atoms with Gasteiger partial charge in [0.15, 0.2) is 0 Å². The lowest BCUT2D eigenvalue weighted by Gasteiger charge is -2.20. The molecule has 0 radical (unpaired) electrons. The Labute approximate surface area is 314 Å². The number of allylic oxidation sites excluding steroid dienone is 19. The maximum atomic E-state index is 12.3. The fourth-order valence-electron chi connectivity index (χ4n) is 5.11. The Bertz CT molecular complexity index is 1070. The van der Waals surface area contributed by atoms with Crippen molar-refractivity contribution in [3.8, 4) is 0 Å². The third-order valence-corrected chi connectivity index (χ3v) is 8.20. The summed E-state index contributed by atoms with van der Waals surface area (Å²) in [6.07, 6.45) is 64.6. The second kappa shape index (κ2) is 41.2. The predicted molar refractivity (Wildman–Crippen MR) is 225 cm³/mol. The van der Waals surface area contributed by atoms with E-state index >= 15 is 0 Å². The van der Waals surface area contributed by atoms with Crippen molar-refractivity contribution in [1.29, 1.82) is 0 Å². The minimum absolute atomic E-state index is 0.0965. The van der Waals surface area contributed by atoms with Gasteiger partial charge < -0.3 is 15.5 Å². The molecule has 1 amide bonds. The van der Waals surface area contributed by atoms with E-state index in [1.807, 2.05) is 6.08 Å². The first kappa shape index (κ1) is 47.8. The summed E-state index contributed by atoms with van der Waals surface area (Å²) in [4.78, 5) is 12.3. The first-order chi connectivity index (χ1) is 25.2. The average molecular weight is 702 g/mol. The molecule has 2 unspecified atom stereocenters. The Morgan fingerprint density at radius 1 is 0.490 bits per heavy atom. The average Bonchev–Trinajstić information content (AvgIpc) is 3.13. The standard InChI is InChI=1S/C47H75NO3/c1-3-5-7-9-11-12-13-14-15-16-17-18-19-20-21-22-23-24-25-26-27-28-29-30-31-32-33-34-35-36-37-39-41-43-47(51)48-45(44-49)46(50)42-40-38-10-8-6-4-2/h5,7,11-12,14-15,17-18,20-21,23-24,26-27,29-30,32-33,40,42,45-46,49-50H,3-4,6,8-10,13,16,19,22,25,28,31,34-39,41,43-44H2,1-2H3,(H,48,51)/b7-5-,12-11-,15-14-,18-17-,21-20-,24-23-,27-26-,30-29-,33-32-,42-40+. The van der Waals surface area contributed by atoms with E-state index in [0.717, 1.165) is 96.3 Å². The number of nitrogens with one attached hydrogen (secondary N) is 1. The molecule has 0 aliphatic heterocycles. The lowest BCUT2D eigenvalue weighted by atomic mass is 10.1. The van der Waals surface area contributed by atoms with Gasteiger partial charge in [-0.15, -0.1) is 0 Å². The molecule has 0 aromatic carbocycles. The highest BCUT2D eigenvalue weighted by Crippen LogP contribution is 2.09. The van der Waals surface area contributed by atoms with E-state index in [0.29, 0.717) is 6.42 Å². The van der Waals surface area contributed by atoms with Gasteiger partial charge in [0, 0.05) is 6.42 Å². The molecule has 0 rings (SSSR count). The maximum Gasteiger partial charge on any atom is 0.220 e. The van der Waals surface area contributed by atoms with Crippen LogP contribution in [0.2, 0.25) is 0 Å². The Hall–Kier alpha value is -3.21. The van der Waals surface area contributed by atoms with E-state index in [1.54, 1.807) is 6.08 Å². The van der Waals surface area contributed by atoms with E-state index in [2.05, 4.69) is 129 Å². The number of hydrogen-bond donors (Lipinski definition) is 3. The van der Waals surface area contributed by atoms with Crippen LogP contribution in [-0.2, 0) is 4.79 Å². The Morgan fingerprint density at radius 3 is 1.29 bits per heavy atom. The molecular formula is C47H75NO3. The topological polar surface area (TPSA) is 69.6 Å². The molecule has 51 heavy (non-hydrogen) atoms. The molecule has 0 aromatic rings. The third-order valence-electron chi connectivity index (χ3n) is 8.20. The molecule has 0 fully saturated rings. The van der Waals surface area contributed by atoms with Crippen LogP contribution in [0.4, 0.5) is 0 Å². The molecule has 4 nitrogen and oxygen atoms in total. The van der Waals surface area contributed by atoms with Gasteiger partial charge in [0.2, 0.25) is 5.91 Å². The van der Waals surface area contributed by atoms with Crippen LogP contribution in [0.1, 0.15) is 149 Å². The fraction of sp³-hybridized carbons (Fsp3) is 0.553. The Balaban J connectivity index is 3.69. The zero-order valence-corrected chi connectivity index (χ0v) is 32.6. The summed E-state index contributed by atoms with van der Waals surface area (Å²) in [5, 5.41) is 22.6. The van der Waals surface area contributed by atoms with Crippen molar-refractivity contribution in [2.45, 2.75) is 161 Å². The molecule has 0 saturated carbocycles. The van der Waals surface area contributed by atoms with Crippen LogP contribution >= 0.6 is 0 Å². The van der Waals surface area contributed by atoms with Gasteiger partial charge in [-0.05, 0) is 89.9 Å². The van der Waals surface area contributed by atoms with Gasteiger partial charge in [-0.3, -0.25) is 4.79 Å². The number of aliphatic hydroxyl groups is 2. The molecule has 0 aliphatic rings. The highest BCUT2D eigenvalue weighted by atomic mass is 16.3. The lowest BCUT2D eigenvalue weighted by Crippen LogP contribution is -2.45. The minimum Gasteiger partial charge on any atom is -0.394 e. The molecular weight excluding hydrogens is 627 g/mol. The zero-order chi connectivity index (χ0) is 37.1. The van der Waals surface area contributed by atoms with Crippen molar-refractivity contribution in [1.82, 2.24) is 5.32 Å². The van der Waals surface area contributed by atoms with Crippen molar-refractivity contribution < 1.29 is 15.0 Å². The van der Waals surface area contributed by atoms with Gasteiger partial charge in [-0.2, -0.15) is 0 Å². The number of rotatable bonds is 34. The Kier molecular flexibility index (Phi) is 38.6. The maximum absolute atomic E-state index is 12.3. The van der Waals surface area contributed by atoms with E-state index in [1.165, 1.54) is 32.1 Å². The summed E-state index contributed by atoms with van der Waals surface area (Å²) in [6, 6.07) is -0.637. The molecule has 4 heteroatoms. The number of amides is 1. The van der Waals surface area contributed by atoms with Crippen molar-refractivity contribution in [3.05, 3.63) is 122 Å². The molecule has 3 N–H and O–H groups in total. The third kappa shape index (κ3) is 37.9. The zero-order valence-electron chi connectivity index (χ0n) is 32.6. The lowest BCUT2D eigenvalue weighted by molar-refractivity contribution is -0.123. The summed E-state index contributed by atoms with van der Waals surface area (Å²) >= 11 is 0.